The van der Waals surface area contributed by atoms with Gasteiger partial charge >= 0.3 is 18.2 Å². The molecule has 0 saturated carbocycles. The van der Waals surface area contributed by atoms with Crippen LogP contribution in [0, 0.1) is 10.1 Å². The Morgan fingerprint density at radius 2 is 1.21 bits per heavy atom. The molecule has 22 nitrogen and oxygen atoms in total. The van der Waals surface area contributed by atoms with E-state index in [9.17, 15) is 49.1 Å². The minimum Gasteiger partial charge on any atom is -0.460 e. The van der Waals surface area contributed by atoms with Crippen molar-refractivity contribution in [2.45, 2.75) is 141 Å². The zero-order valence-electron chi connectivity index (χ0n) is 38.5. The molecule has 0 heterocycles. The van der Waals surface area contributed by atoms with E-state index in [0.29, 0.717) is 18.4 Å². The third-order valence-corrected chi connectivity index (χ3v) is 9.19. The fraction of sp³-hybridized carbons (Fsp3) is 0.568. The van der Waals surface area contributed by atoms with Gasteiger partial charge in [0.2, 0.25) is 5.91 Å². The van der Waals surface area contributed by atoms with Crippen molar-refractivity contribution in [2.75, 3.05) is 19.6 Å². The number of nitrogens with one attached hydrogen (secondary N) is 6. The van der Waals surface area contributed by atoms with E-state index < -0.39 is 88.4 Å². The van der Waals surface area contributed by atoms with Crippen molar-refractivity contribution in [3.8, 4) is 0 Å². The molecule has 2 unspecified atom stereocenters. The third kappa shape index (κ3) is 24.5. The summed E-state index contributed by atoms with van der Waals surface area (Å²) in [4.78, 5) is 89.7. The third-order valence-electron chi connectivity index (χ3n) is 9.19. The molecular weight excluding hydrogens is 863 g/mol. The first-order chi connectivity index (χ1) is 31.0. The highest BCUT2D eigenvalue weighted by atomic mass is 16.7. The first-order valence-electron chi connectivity index (χ1n) is 21.7. The normalized spacial score (nSPS) is 13.9. The number of benzene rings is 2. The highest BCUT2D eigenvalue weighted by molar-refractivity contribution is 5.88. The van der Waals surface area contributed by atoms with Crippen molar-refractivity contribution in [3.63, 3.8) is 0 Å². The fourth-order valence-corrected chi connectivity index (χ4v) is 6.10. The summed E-state index contributed by atoms with van der Waals surface area (Å²) in [6.07, 6.45) is -5.27. The van der Waals surface area contributed by atoms with Crippen LogP contribution in [0.3, 0.4) is 0 Å². The average Bonchev–Trinajstić information content (AvgIpc) is 3.23. The van der Waals surface area contributed by atoms with E-state index >= 15 is 0 Å². The number of ether oxygens (including phenoxy) is 3. The monoisotopic (exact) mass is 929 g/mol. The Labute approximate surface area is 384 Å². The smallest absolute Gasteiger partial charge is 0.408 e. The van der Waals surface area contributed by atoms with Crippen LogP contribution in [0.1, 0.15) is 97.6 Å². The first-order valence-corrected chi connectivity index (χ1v) is 21.7. The fourth-order valence-electron chi connectivity index (χ4n) is 6.10. The zero-order valence-corrected chi connectivity index (χ0v) is 38.5. The molecule has 366 valence electrons. The molecule has 0 spiro atoms. The molecule has 0 aliphatic carbocycles. The van der Waals surface area contributed by atoms with Gasteiger partial charge in [-0.1, -0.05) is 60.7 Å². The van der Waals surface area contributed by atoms with Crippen LogP contribution in [-0.2, 0) is 46.4 Å². The Bertz CT molecular complexity index is 1890. The maximum Gasteiger partial charge on any atom is 0.408 e. The quantitative estimate of drug-likeness (QED) is 0.0124. The van der Waals surface area contributed by atoms with Crippen LogP contribution < -0.4 is 37.6 Å². The summed E-state index contributed by atoms with van der Waals surface area (Å²) in [5.74, 6) is -4.00. The van der Waals surface area contributed by atoms with Gasteiger partial charge in [-0.3, -0.25) is 19.2 Å². The number of hydrogen-bond donors (Lipinski definition) is 9. The number of hydrogen-bond acceptors (Lipinski definition) is 13. The standard InChI is InChI=1S/C44H67N9O13/c1-43(2,3)65-34(54)23-22-33(51-42(61)64-28-30-18-11-8-12-19-30)37(57)49-31(20-13-14-25-48-41(60)66-44(4,5)6)36(56)39(59)50-32(21-15-26-47-40(45)52-53(62)63)35(55)38(58)46-27-24-29-16-9-7-10-17-29/h7-12,16-19,31-33,35-36,55-56H,13-15,20-28H2,1-6H3,(H,46,58)(H,48,60)(H,49,57)(H,50,59)(H,51,61)(H3,45,47,52)/t31-,32-,33-,35?,36?/m0/s1. The summed E-state index contributed by atoms with van der Waals surface area (Å²) >= 11 is 0. The minimum absolute atomic E-state index is 0.0259. The Balaban J connectivity index is 2.34. The number of aliphatic hydroxyl groups is 2. The van der Waals surface area contributed by atoms with Crippen molar-refractivity contribution >= 4 is 41.8 Å². The Kier molecular flexibility index (Phi) is 23.9. The first kappa shape index (κ1) is 55.6. The van der Waals surface area contributed by atoms with E-state index in [4.69, 9.17) is 19.9 Å². The molecule has 2 rings (SSSR count). The highest BCUT2D eigenvalue weighted by Gasteiger charge is 2.35. The molecule has 0 aliphatic heterocycles. The molecule has 5 amide bonds. The number of hydrazone groups is 1. The number of alkyl carbamates (subject to hydrolysis) is 2. The van der Waals surface area contributed by atoms with E-state index in [2.05, 4.69) is 37.0 Å². The lowest BCUT2D eigenvalue weighted by Gasteiger charge is -2.29. The van der Waals surface area contributed by atoms with Gasteiger partial charge in [-0.2, -0.15) is 0 Å². The molecule has 2 aromatic rings. The molecule has 0 saturated heterocycles. The van der Waals surface area contributed by atoms with Crippen LogP contribution in [0.15, 0.2) is 65.8 Å². The summed E-state index contributed by atoms with van der Waals surface area (Å²) in [7, 11) is 0. The maximum atomic E-state index is 14.0. The Morgan fingerprint density at radius 3 is 1.80 bits per heavy atom. The number of nitro groups is 1. The predicted molar refractivity (Wildman–Crippen MR) is 242 cm³/mol. The van der Waals surface area contributed by atoms with Crippen molar-refractivity contribution in [1.82, 2.24) is 31.9 Å². The number of aliphatic hydroxyl groups excluding tert-OH is 2. The summed E-state index contributed by atoms with van der Waals surface area (Å²) in [6, 6.07) is 13.8. The molecule has 0 aliphatic rings. The van der Waals surface area contributed by atoms with Gasteiger partial charge in [0.15, 0.2) is 17.2 Å². The van der Waals surface area contributed by atoms with Gasteiger partial charge in [0, 0.05) is 26.1 Å². The molecule has 5 atom stereocenters. The Morgan fingerprint density at radius 1 is 0.667 bits per heavy atom. The molecule has 0 radical (unpaired) electrons. The van der Waals surface area contributed by atoms with Crippen molar-refractivity contribution in [1.29, 1.82) is 0 Å². The van der Waals surface area contributed by atoms with Crippen LogP contribution in [0.2, 0.25) is 0 Å². The number of nitrogens with two attached hydrogens (primary N) is 1. The van der Waals surface area contributed by atoms with Crippen LogP contribution in [0.25, 0.3) is 0 Å². The second kappa shape index (κ2) is 28.4. The van der Waals surface area contributed by atoms with E-state index in [1.54, 1.807) is 71.9 Å². The predicted octanol–water partition coefficient (Wildman–Crippen LogP) is 2.02. The second-order valence-electron chi connectivity index (χ2n) is 17.2. The number of amides is 5. The number of rotatable bonds is 26. The minimum atomic E-state index is -2.03. The number of guanidine groups is 1. The molecule has 0 bridgehead atoms. The summed E-state index contributed by atoms with van der Waals surface area (Å²) in [6.45, 7) is 10.2. The van der Waals surface area contributed by atoms with Gasteiger partial charge in [-0.15, -0.1) is 0 Å². The van der Waals surface area contributed by atoms with Crippen LogP contribution in [-0.4, -0.2) is 118 Å². The number of unbranched alkanes of at least 4 members (excludes halogenated alkanes) is 1. The SMILES string of the molecule is CC(C)(C)OC(=O)CC[C@H](NC(=O)OCc1ccccc1)C(=O)N[C@@H](CCCCNC(=O)OC(C)(C)C)C(O)C(=O)N[C@@H](CCCN/C(N)=N\[N+](=O)[O-])C(O)C(=O)NCCc1ccccc1. The van der Waals surface area contributed by atoms with Gasteiger partial charge in [0.1, 0.15) is 29.0 Å². The highest BCUT2D eigenvalue weighted by Crippen LogP contribution is 2.14. The summed E-state index contributed by atoms with van der Waals surface area (Å²) in [5, 5.41) is 50.8. The lowest BCUT2D eigenvalue weighted by Crippen LogP contribution is -2.58. The molecule has 22 heteroatoms. The van der Waals surface area contributed by atoms with Crippen LogP contribution in [0.4, 0.5) is 9.59 Å². The van der Waals surface area contributed by atoms with Gasteiger partial charge in [0.05, 0.1) is 12.1 Å². The van der Waals surface area contributed by atoms with E-state index in [1.165, 1.54) is 0 Å². The van der Waals surface area contributed by atoms with E-state index in [-0.39, 0.29) is 64.8 Å². The van der Waals surface area contributed by atoms with Crippen molar-refractivity contribution in [2.24, 2.45) is 10.8 Å². The molecule has 66 heavy (non-hydrogen) atoms. The van der Waals surface area contributed by atoms with E-state index in [0.717, 1.165) is 5.56 Å². The molecule has 10 N–H and O–H groups in total. The van der Waals surface area contributed by atoms with Gasteiger partial charge < -0.3 is 62.1 Å². The second-order valence-corrected chi connectivity index (χ2v) is 17.2. The van der Waals surface area contributed by atoms with Gasteiger partial charge in [0.25, 0.3) is 17.8 Å². The number of carbonyl (C=O) groups excluding carboxylic acids is 6. The molecule has 0 aromatic heterocycles. The van der Waals surface area contributed by atoms with Crippen molar-refractivity contribution < 1.29 is 58.2 Å². The lowest BCUT2D eigenvalue weighted by molar-refractivity contribution is -0.485. The molecule has 0 fully saturated rings. The Hall–Kier alpha value is -6.55. The van der Waals surface area contributed by atoms with Gasteiger partial charge in [-0.05, 0) is 97.6 Å². The lowest BCUT2D eigenvalue weighted by atomic mass is 9.99. The topological polar surface area (TPSA) is 324 Å². The molecular formula is C44H67N9O13. The summed E-state index contributed by atoms with van der Waals surface area (Å²) in [5.41, 5.74) is 5.49. The van der Waals surface area contributed by atoms with Crippen LogP contribution in [0.5, 0.6) is 0 Å². The molecule has 2 aromatic carbocycles. The maximum absolute atomic E-state index is 14.0. The van der Waals surface area contributed by atoms with Crippen LogP contribution >= 0.6 is 0 Å². The average molecular weight is 930 g/mol. The van der Waals surface area contributed by atoms with Gasteiger partial charge in [-0.25, -0.2) is 19.7 Å². The summed E-state index contributed by atoms with van der Waals surface area (Å²) < 4.78 is 16.0. The van der Waals surface area contributed by atoms with E-state index in [1.807, 2.05) is 30.3 Å². The zero-order chi connectivity index (χ0) is 49.3. The number of nitrogens with zero attached hydrogens (tertiary/aromatic N) is 2. The number of esters is 1. The number of carbonyl (C=O) groups is 6. The largest absolute Gasteiger partial charge is 0.460 e. The van der Waals surface area contributed by atoms with Crippen molar-refractivity contribution in [3.05, 3.63) is 81.9 Å².